The molecule has 1 aromatic rings. The summed E-state index contributed by atoms with van der Waals surface area (Å²) in [7, 11) is -4.83. The van der Waals surface area contributed by atoms with E-state index in [1.807, 2.05) is 0 Å². The quantitative estimate of drug-likeness (QED) is 0.276. The first-order chi connectivity index (χ1) is 7.30. The monoisotopic (exact) mass is 378 g/mol. The van der Waals surface area contributed by atoms with Crippen LogP contribution in [0.2, 0.25) is 0 Å². The maximum absolute atomic E-state index is 11.4. The molecule has 1 aromatic carbocycles. The largest absolute Gasteiger partial charge is 1.00 e. The van der Waals surface area contributed by atoms with Crippen LogP contribution in [-0.4, -0.2) is 29.3 Å². The molecule has 1 N–H and O–H groups in total. The fourth-order valence-corrected chi connectivity index (χ4v) is 1.73. The van der Waals surface area contributed by atoms with Crippen molar-refractivity contribution in [3.8, 4) is 0 Å². The van der Waals surface area contributed by atoms with Gasteiger partial charge in [-0.2, -0.15) is 0 Å². The van der Waals surface area contributed by atoms with Crippen LogP contribution >= 0.6 is 22.6 Å². The minimum atomic E-state index is -4.83. The Morgan fingerprint density at radius 1 is 1.35 bits per heavy atom. The van der Waals surface area contributed by atoms with Gasteiger partial charge in [0.1, 0.15) is 10.1 Å². The second-order valence-corrected chi connectivity index (χ2v) is 5.86. The summed E-state index contributed by atoms with van der Waals surface area (Å²) >= 11 is 2.05. The van der Waals surface area contributed by atoms with Crippen molar-refractivity contribution in [1.82, 2.24) is 0 Å². The number of Topliss-reactive ketones (excluding diaryl/α,β-unsaturated/α-hetero) is 1. The van der Waals surface area contributed by atoms with Gasteiger partial charge in [-0.3, -0.25) is 4.79 Å². The molecule has 0 aliphatic rings. The summed E-state index contributed by atoms with van der Waals surface area (Å²) in [6.45, 7) is 0. The number of carbonyl (C=O) groups excluding carboxylic acids is 1. The summed E-state index contributed by atoms with van der Waals surface area (Å²) in [6.07, 6.45) is -0.716. The average Bonchev–Trinajstić information content (AvgIpc) is 2.17. The standard InChI is InChI=1S/C9H9IO5S.Na/c10-7-3-1-6(2-4-7)8(11)5-9(12)16(13,14)15;/h1-4,9,12H,5H2,(H,13,14,15);/q;+1/p-1. The number of hydrogen-bond donors (Lipinski definition) is 1. The van der Waals surface area contributed by atoms with E-state index < -0.39 is 27.8 Å². The average molecular weight is 378 g/mol. The van der Waals surface area contributed by atoms with E-state index in [1.165, 1.54) is 12.1 Å². The molecule has 1 rings (SSSR count). The number of aliphatic hydroxyl groups excluding tert-OH is 1. The number of rotatable bonds is 4. The first-order valence-electron chi connectivity index (χ1n) is 4.22. The van der Waals surface area contributed by atoms with Gasteiger partial charge in [0.15, 0.2) is 11.2 Å². The molecule has 17 heavy (non-hydrogen) atoms. The molecule has 88 valence electrons. The molecular formula is C9H8INaO5S. The molecule has 0 saturated carbocycles. The maximum Gasteiger partial charge on any atom is 1.00 e. The molecule has 1 unspecified atom stereocenters. The van der Waals surface area contributed by atoms with Gasteiger partial charge < -0.3 is 9.66 Å². The fourth-order valence-electron chi connectivity index (χ4n) is 1.01. The van der Waals surface area contributed by atoms with Crippen LogP contribution in [0, 0.1) is 3.57 Å². The van der Waals surface area contributed by atoms with E-state index in [0.29, 0.717) is 0 Å². The van der Waals surface area contributed by atoms with Gasteiger partial charge in [0.05, 0.1) is 6.42 Å². The molecule has 0 radical (unpaired) electrons. The molecule has 0 fully saturated rings. The van der Waals surface area contributed by atoms with Gasteiger partial charge in [0.25, 0.3) is 0 Å². The minimum Gasteiger partial charge on any atom is -0.746 e. The van der Waals surface area contributed by atoms with Crippen LogP contribution in [0.1, 0.15) is 16.8 Å². The Balaban J connectivity index is 0.00000256. The van der Waals surface area contributed by atoms with Crippen LogP contribution in [0.4, 0.5) is 0 Å². The third kappa shape index (κ3) is 5.77. The van der Waals surface area contributed by atoms with Crippen molar-refractivity contribution < 1.29 is 52.4 Å². The van der Waals surface area contributed by atoms with Gasteiger partial charge >= 0.3 is 29.6 Å². The summed E-state index contributed by atoms with van der Waals surface area (Å²) in [5, 5.41) is 8.95. The topological polar surface area (TPSA) is 94.5 Å². The number of benzene rings is 1. The number of aliphatic hydroxyl groups is 1. The molecular weight excluding hydrogens is 370 g/mol. The zero-order valence-electron chi connectivity index (χ0n) is 8.96. The molecule has 5 nitrogen and oxygen atoms in total. The molecule has 0 spiro atoms. The Kier molecular flexibility index (Phi) is 7.38. The van der Waals surface area contributed by atoms with Crippen LogP contribution in [-0.2, 0) is 10.1 Å². The Morgan fingerprint density at radius 2 is 1.82 bits per heavy atom. The number of halogens is 1. The van der Waals surface area contributed by atoms with Gasteiger partial charge in [-0.05, 0) is 34.7 Å². The van der Waals surface area contributed by atoms with E-state index in [0.717, 1.165) is 3.57 Å². The molecule has 0 amide bonds. The van der Waals surface area contributed by atoms with Crippen molar-refractivity contribution in [3.63, 3.8) is 0 Å². The molecule has 0 heterocycles. The predicted octanol–water partition coefficient (Wildman–Crippen LogP) is -2.27. The maximum atomic E-state index is 11.4. The third-order valence-corrected chi connectivity index (χ3v) is 3.41. The van der Waals surface area contributed by atoms with Crippen molar-refractivity contribution >= 4 is 38.5 Å². The van der Waals surface area contributed by atoms with Crippen LogP contribution in [0.3, 0.4) is 0 Å². The van der Waals surface area contributed by atoms with E-state index in [4.69, 9.17) is 5.11 Å². The Labute approximate surface area is 135 Å². The summed E-state index contributed by atoms with van der Waals surface area (Å²) in [5.74, 6) is -0.580. The molecule has 0 aromatic heterocycles. The van der Waals surface area contributed by atoms with Crippen molar-refractivity contribution in [1.29, 1.82) is 0 Å². The Bertz CT molecular complexity index is 485. The van der Waals surface area contributed by atoms with Crippen molar-refractivity contribution in [2.75, 3.05) is 0 Å². The Hall–Kier alpha value is 0.490. The van der Waals surface area contributed by atoms with E-state index in [2.05, 4.69) is 22.6 Å². The summed E-state index contributed by atoms with van der Waals surface area (Å²) in [4.78, 5) is 11.4. The molecule has 1 atom stereocenters. The first kappa shape index (κ1) is 17.5. The van der Waals surface area contributed by atoms with Crippen molar-refractivity contribution in [2.24, 2.45) is 0 Å². The predicted molar refractivity (Wildman–Crippen MR) is 63.8 cm³/mol. The number of hydrogen-bond acceptors (Lipinski definition) is 5. The van der Waals surface area contributed by atoms with Crippen LogP contribution in [0.15, 0.2) is 24.3 Å². The molecule has 8 heteroatoms. The Morgan fingerprint density at radius 3 is 2.24 bits per heavy atom. The second-order valence-electron chi connectivity index (χ2n) is 3.08. The van der Waals surface area contributed by atoms with Crippen molar-refractivity contribution in [2.45, 2.75) is 11.9 Å². The van der Waals surface area contributed by atoms with Gasteiger partial charge in [-0.15, -0.1) is 0 Å². The fraction of sp³-hybridized carbons (Fsp3) is 0.222. The second kappa shape index (κ2) is 7.17. The van der Waals surface area contributed by atoms with E-state index >= 15 is 0 Å². The molecule has 0 saturated heterocycles. The normalized spacial score (nSPS) is 12.6. The van der Waals surface area contributed by atoms with Crippen LogP contribution in [0.25, 0.3) is 0 Å². The number of ketones is 1. The molecule has 0 aliphatic heterocycles. The number of carbonyl (C=O) groups is 1. The smallest absolute Gasteiger partial charge is 0.746 e. The molecule has 0 aliphatic carbocycles. The molecule has 0 bridgehead atoms. The summed E-state index contributed by atoms with van der Waals surface area (Å²) in [6, 6.07) is 6.36. The van der Waals surface area contributed by atoms with E-state index in [1.54, 1.807) is 12.1 Å². The van der Waals surface area contributed by atoms with Crippen LogP contribution < -0.4 is 29.6 Å². The summed E-state index contributed by atoms with van der Waals surface area (Å²) < 4.78 is 32.1. The van der Waals surface area contributed by atoms with Gasteiger partial charge in [-0.1, -0.05) is 12.1 Å². The van der Waals surface area contributed by atoms with Gasteiger partial charge in [-0.25, -0.2) is 8.42 Å². The third-order valence-electron chi connectivity index (χ3n) is 1.86. The minimum absolute atomic E-state index is 0. The first-order valence-corrected chi connectivity index (χ1v) is 6.77. The van der Waals surface area contributed by atoms with E-state index in [-0.39, 0.29) is 35.1 Å². The van der Waals surface area contributed by atoms with E-state index in [9.17, 15) is 17.8 Å². The van der Waals surface area contributed by atoms with Gasteiger partial charge in [0.2, 0.25) is 0 Å². The summed E-state index contributed by atoms with van der Waals surface area (Å²) in [5.41, 5.74) is -1.91. The SMILES string of the molecule is O=C(CC(O)S(=O)(=O)[O-])c1ccc(I)cc1.[Na+]. The van der Waals surface area contributed by atoms with Gasteiger partial charge in [0, 0.05) is 9.13 Å². The van der Waals surface area contributed by atoms with Crippen molar-refractivity contribution in [3.05, 3.63) is 33.4 Å². The van der Waals surface area contributed by atoms with Crippen LogP contribution in [0.5, 0.6) is 0 Å². The zero-order valence-corrected chi connectivity index (χ0v) is 13.9. The zero-order chi connectivity index (χ0) is 12.3.